The highest BCUT2D eigenvalue weighted by atomic mass is 16.3. The zero-order valence-electron chi connectivity index (χ0n) is 11.6. The summed E-state index contributed by atoms with van der Waals surface area (Å²) in [7, 11) is 0. The lowest BCUT2D eigenvalue weighted by Crippen LogP contribution is -2.40. The Balaban J connectivity index is 2.22. The van der Waals surface area contributed by atoms with Gasteiger partial charge in [0.1, 0.15) is 6.10 Å². The first-order valence-corrected chi connectivity index (χ1v) is 6.90. The van der Waals surface area contributed by atoms with E-state index in [1.807, 2.05) is 26.0 Å². The van der Waals surface area contributed by atoms with Gasteiger partial charge in [-0.05, 0) is 56.6 Å². The molecule has 100 valence electrons. The van der Waals surface area contributed by atoms with Gasteiger partial charge in [0.05, 0.1) is 5.60 Å². The first-order valence-electron chi connectivity index (χ1n) is 6.90. The van der Waals surface area contributed by atoms with Gasteiger partial charge in [0.2, 0.25) is 0 Å². The molecule has 0 bridgehead atoms. The highest BCUT2D eigenvalue weighted by Gasteiger charge is 2.39. The van der Waals surface area contributed by atoms with Gasteiger partial charge >= 0.3 is 0 Å². The lowest BCUT2D eigenvalue weighted by atomic mass is 9.74. The molecular formula is C16H24O2. The van der Waals surface area contributed by atoms with Gasteiger partial charge in [-0.15, -0.1) is 0 Å². The van der Waals surface area contributed by atoms with Crippen molar-refractivity contribution in [3.63, 3.8) is 0 Å². The zero-order chi connectivity index (χ0) is 13.3. The smallest absolute Gasteiger partial charge is 0.108 e. The summed E-state index contributed by atoms with van der Waals surface area (Å²) in [6.07, 6.45) is 2.63. The molecule has 1 unspecified atom stereocenters. The number of aliphatic hydroxyl groups excluding tert-OH is 1. The van der Waals surface area contributed by atoms with E-state index in [2.05, 4.69) is 13.0 Å². The van der Waals surface area contributed by atoms with Crippen LogP contribution in [0.5, 0.6) is 0 Å². The van der Waals surface area contributed by atoms with E-state index in [9.17, 15) is 10.2 Å². The molecule has 1 saturated carbocycles. The fraction of sp³-hybridized carbons (Fsp3) is 0.625. The van der Waals surface area contributed by atoms with E-state index in [0.29, 0.717) is 18.8 Å². The SMILES string of the molecule is Cc1ccc(C(O)C2(O)CCC(C)CC2)c(C)c1. The molecule has 1 fully saturated rings. The molecule has 0 saturated heterocycles. The zero-order valence-corrected chi connectivity index (χ0v) is 11.6. The van der Waals surface area contributed by atoms with Gasteiger partial charge in [-0.3, -0.25) is 0 Å². The van der Waals surface area contributed by atoms with Crippen molar-refractivity contribution in [2.45, 2.75) is 58.2 Å². The molecule has 0 amide bonds. The third-order valence-electron chi connectivity index (χ3n) is 4.37. The van der Waals surface area contributed by atoms with Crippen molar-refractivity contribution in [3.05, 3.63) is 34.9 Å². The molecule has 1 aromatic rings. The fourth-order valence-electron chi connectivity index (χ4n) is 2.96. The number of aryl methyl sites for hydroxylation is 2. The first kappa shape index (κ1) is 13.6. The van der Waals surface area contributed by atoms with Crippen LogP contribution in [0.15, 0.2) is 18.2 Å². The Kier molecular flexibility index (Phi) is 3.79. The van der Waals surface area contributed by atoms with E-state index >= 15 is 0 Å². The summed E-state index contributed by atoms with van der Waals surface area (Å²) in [5.41, 5.74) is 2.19. The van der Waals surface area contributed by atoms with Crippen molar-refractivity contribution in [1.29, 1.82) is 0 Å². The van der Waals surface area contributed by atoms with Gasteiger partial charge in [0.15, 0.2) is 0 Å². The molecule has 0 heterocycles. The normalized spacial score (nSPS) is 30.2. The van der Waals surface area contributed by atoms with E-state index in [4.69, 9.17) is 0 Å². The van der Waals surface area contributed by atoms with Crippen LogP contribution in [-0.2, 0) is 0 Å². The fourth-order valence-corrected chi connectivity index (χ4v) is 2.96. The Morgan fingerprint density at radius 2 is 1.83 bits per heavy atom. The minimum atomic E-state index is -0.938. The Bertz CT molecular complexity index is 417. The van der Waals surface area contributed by atoms with Gasteiger partial charge in [-0.2, -0.15) is 0 Å². The molecule has 0 radical (unpaired) electrons. The monoisotopic (exact) mass is 248 g/mol. The van der Waals surface area contributed by atoms with Crippen LogP contribution in [-0.4, -0.2) is 15.8 Å². The van der Waals surface area contributed by atoms with Crippen molar-refractivity contribution in [3.8, 4) is 0 Å². The van der Waals surface area contributed by atoms with E-state index in [0.717, 1.165) is 24.0 Å². The lowest BCUT2D eigenvalue weighted by Gasteiger charge is -2.39. The summed E-state index contributed by atoms with van der Waals surface area (Å²) in [6, 6.07) is 6.01. The molecule has 2 rings (SSSR count). The third kappa shape index (κ3) is 2.60. The number of hydrogen-bond donors (Lipinski definition) is 2. The second-order valence-electron chi connectivity index (χ2n) is 6.05. The maximum Gasteiger partial charge on any atom is 0.108 e. The summed E-state index contributed by atoms with van der Waals surface area (Å²) in [4.78, 5) is 0. The van der Waals surface area contributed by atoms with Crippen LogP contribution in [0.1, 0.15) is 55.4 Å². The van der Waals surface area contributed by atoms with Crippen molar-refractivity contribution < 1.29 is 10.2 Å². The average Bonchev–Trinajstić information content (AvgIpc) is 2.32. The molecule has 1 aliphatic carbocycles. The predicted octanol–water partition coefficient (Wildman–Crippen LogP) is 3.28. The number of aliphatic hydroxyl groups is 2. The van der Waals surface area contributed by atoms with E-state index < -0.39 is 11.7 Å². The van der Waals surface area contributed by atoms with Gasteiger partial charge in [0, 0.05) is 0 Å². The van der Waals surface area contributed by atoms with E-state index in [-0.39, 0.29) is 0 Å². The van der Waals surface area contributed by atoms with Crippen molar-refractivity contribution in [1.82, 2.24) is 0 Å². The van der Waals surface area contributed by atoms with Crippen molar-refractivity contribution >= 4 is 0 Å². The molecule has 0 aliphatic heterocycles. The third-order valence-corrected chi connectivity index (χ3v) is 4.37. The molecule has 1 atom stereocenters. The summed E-state index contributed by atoms with van der Waals surface area (Å²) >= 11 is 0. The Morgan fingerprint density at radius 1 is 1.22 bits per heavy atom. The quantitative estimate of drug-likeness (QED) is 0.843. The van der Waals surface area contributed by atoms with Gasteiger partial charge in [-0.1, -0.05) is 30.7 Å². The minimum absolute atomic E-state index is 0.664. The molecule has 2 heteroatoms. The molecular weight excluding hydrogens is 224 g/mol. The van der Waals surface area contributed by atoms with Crippen LogP contribution >= 0.6 is 0 Å². The maximum atomic E-state index is 10.7. The first-order chi connectivity index (χ1) is 8.42. The van der Waals surface area contributed by atoms with E-state index in [1.54, 1.807) is 0 Å². The molecule has 0 spiro atoms. The van der Waals surface area contributed by atoms with Crippen LogP contribution in [0.4, 0.5) is 0 Å². The summed E-state index contributed by atoms with van der Waals surface area (Å²) in [5, 5.41) is 21.2. The van der Waals surface area contributed by atoms with Crippen LogP contribution in [0.2, 0.25) is 0 Å². The molecule has 1 aromatic carbocycles. The Labute approximate surface area is 110 Å². The second kappa shape index (κ2) is 5.02. The highest BCUT2D eigenvalue weighted by Crippen LogP contribution is 2.41. The Hall–Kier alpha value is -0.860. The van der Waals surface area contributed by atoms with Crippen LogP contribution in [0, 0.1) is 19.8 Å². The van der Waals surface area contributed by atoms with Crippen molar-refractivity contribution in [2.24, 2.45) is 5.92 Å². The highest BCUT2D eigenvalue weighted by molar-refractivity contribution is 5.33. The average molecular weight is 248 g/mol. The topological polar surface area (TPSA) is 40.5 Å². The van der Waals surface area contributed by atoms with Crippen LogP contribution < -0.4 is 0 Å². The van der Waals surface area contributed by atoms with Gasteiger partial charge < -0.3 is 10.2 Å². The molecule has 2 N–H and O–H groups in total. The minimum Gasteiger partial charge on any atom is -0.387 e. The van der Waals surface area contributed by atoms with Crippen LogP contribution in [0.25, 0.3) is 0 Å². The van der Waals surface area contributed by atoms with Crippen molar-refractivity contribution in [2.75, 3.05) is 0 Å². The van der Waals surface area contributed by atoms with Gasteiger partial charge in [0.25, 0.3) is 0 Å². The Morgan fingerprint density at radius 3 is 2.39 bits per heavy atom. The molecule has 18 heavy (non-hydrogen) atoms. The second-order valence-corrected chi connectivity index (χ2v) is 6.05. The lowest BCUT2D eigenvalue weighted by molar-refractivity contribution is -0.105. The maximum absolute atomic E-state index is 10.7. The molecule has 0 aromatic heterocycles. The largest absolute Gasteiger partial charge is 0.387 e. The number of benzene rings is 1. The summed E-state index contributed by atoms with van der Waals surface area (Å²) < 4.78 is 0. The summed E-state index contributed by atoms with van der Waals surface area (Å²) in [6.45, 7) is 6.25. The van der Waals surface area contributed by atoms with Gasteiger partial charge in [-0.25, -0.2) is 0 Å². The number of rotatable bonds is 2. The summed E-state index contributed by atoms with van der Waals surface area (Å²) in [5.74, 6) is 0.664. The number of hydrogen-bond acceptors (Lipinski definition) is 2. The standard InChI is InChI=1S/C16H24O2/c1-11-6-8-16(18,9-7-11)15(17)14-5-4-12(2)10-13(14)3/h4-5,10-11,15,17-18H,6-9H2,1-3H3. The molecule has 1 aliphatic rings. The van der Waals surface area contributed by atoms with Crippen LogP contribution in [0.3, 0.4) is 0 Å². The van der Waals surface area contributed by atoms with E-state index in [1.165, 1.54) is 5.56 Å². The predicted molar refractivity (Wildman–Crippen MR) is 73.5 cm³/mol. The molecule has 2 nitrogen and oxygen atoms in total.